The zero-order valence-electron chi connectivity index (χ0n) is 9.48. The van der Waals surface area contributed by atoms with E-state index < -0.39 is 0 Å². The van der Waals surface area contributed by atoms with Crippen LogP contribution in [0.2, 0.25) is 0 Å². The predicted molar refractivity (Wildman–Crippen MR) is 61.0 cm³/mol. The molecular weight excluding hydrogens is 190 g/mol. The van der Waals surface area contributed by atoms with Gasteiger partial charge in [-0.15, -0.1) is 5.10 Å². The fraction of sp³-hybridized carbons (Fsp3) is 0.636. The van der Waals surface area contributed by atoms with E-state index in [1.807, 2.05) is 19.1 Å². The Morgan fingerprint density at radius 1 is 1.27 bits per heavy atom. The Hall–Kier alpha value is -1.16. The zero-order valence-corrected chi connectivity index (χ0v) is 9.48. The molecule has 0 fully saturated rings. The van der Waals surface area contributed by atoms with Crippen molar-refractivity contribution in [3.05, 3.63) is 17.8 Å². The van der Waals surface area contributed by atoms with Crippen molar-refractivity contribution in [1.29, 1.82) is 0 Å². The van der Waals surface area contributed by atoms with Gasteiger partial charge in [0.2, 0.25) is 0 Å². The summed E-state index contributed by atoms with van der Waals surface area (Å²) >= 11 is 0. The van der Waals surface area contributed by atoms with Crippen molar-refractivity contribution >= 4 is 5.82 Å². The second-order valence-electron chi connectivity index (χ2n) is 3.60. The highest BCUT2D eigenvalue weighted by molar-refractivity contribution is 5.36. The minimum Gasteiger partial charge on any atom is -0.395 e. The van der Waals surface area contributed by atoms with Gasteiger partial charge in [-0.05, 0) is 25.5 Å². The predicted octanol–water partition coefficient (Wildman–Crippen LogP) is 1.38. The van der Waals surface area contributed by atoms with Gasteiger partial charge in [-0.3, -0.25) is 0 Å². The summed E-state index contributed by atoms with van der Waals surface area (Å²) in [6, 6.07) is 3.90. The van der Waals surface area contributed by atoms with Gasteiger partial charge in [0.15, 0.2) is 5.82 Å². The van der Waals surface area contributed by atoms with E-state index in [1.165, 1.54) is 0 Å². The molecule has 0 aliphatic heterocycles. The highest BCUT2D eigenvalue weighted by Gasteiger charge is 2.06. The van der Waals surface area contributed by atoms with Crippen molar-refractivity contribution < 1.29 is 5.11 Å². The van der Waals surface area contributed by atoms with E-state index in [4.69, 9.17) is 5.11 Å². The maximum atomic E-state index is 8.96. The monoisotopic (exact) mass is 209 g/mol. The number of hydrogen-bond acceptors (Lipinski definition) is 4. The number of anilines is 1. The minimum absolute atomic E-state index is 0.152. The van der Waals surface area contributed by atoms with Crippen LogP contribution in [0.4, 0.5) is 5.82 Å². The molecule has 4 nitrogen and oxygen atoms in total. The molecule has 0 amide bonds. The molecule has 0 atom stereocenters. The molecule has 0 radical (unpaired) electrons. The van der Waals surface area contributed by atoms with Crippen LogP contribution in [-0.2, 0) is 0 Å². The van der Waals surface area contributed by atoms with Crippen LogP contribution < -0.4 is 4.90 Å². The van der Waals surface area contributed by atoms with Crippen molar-refractivity contribution in [2.75, 3.05) is 24.6 Å². The van der Waals surface area contributed by atoms with Gasteiger partial charge in [0, 0.05) is 13.1 Å². The Morgan fingerprint density at radius 3 is 2.60 bits per heavy atom. The van der Waals surface area contributed by atoms with Crippen LogP contribution in [0.25, 0.3) is 0 Å². The number of rotatable bonds is 6. The first kappa shape index (κ1) is 11.9. The number of aromatic nitrogens is 2. The molecule has 0 aliphatic carbocycles. The van der Waals surface area contributed by atoms with E-state index in [-0.39, 0.29) is 6.61 Å². The number of nitrogens with zero attached hydrogens (tertiary/aromatic N) is 3. The van der Waals surface area contributed by atoms with Crippen LogP contribution in [0.1, 0.15) is 25.5 Å². The third kappa shape index (κ3) is 3.83. The lowest BCUT2D eigenvalue weighted by atomic mass is 10.3. The molecule has 0 spiro atoms. The SMILES string of the molecule is CCCCN(CCO)c1ccc(C)nn1. The molecule has 84 valence electrons. The summed E-state index contributed by atoms with van der Waals surface area (Å²) in [4.78, 5) is 2.07. The van der Waals surface area contributed by atoms with Gasteiger partial charge in [-0.2, -0.15) is 5.10 Å². The zero-order chi connectivity index (χ0) is 11.1. The first-order valence-electron chi connectivity index (χ1n) is 5.44. The molecule has 0 unspecified atom stereocenters. The second kappa shape index (κ2) is 6.35. The molecule has 1 aromatic rings. The Bertz CT molecular complexity index is 274. The first-order chi connectivity index (χ1) is 7.27. The lowest BCUT2D eigenvalue weighted by molar-refractivity contribution is 0.301. The number of unbranched alkanes of at least 4 members (excludes halogenated alkanes) is 1. The maximum absolute atomic E-state index is 8.96. The summed E-state index contributed by atoms with van der Waals surface area (Å²) < 4.78 is 0. The van der Waals surface area contributed by atoms with E-state index in [0.717, 1.165) is 30.9 Å². The Kier molecular flexibility index (Phi) is 5.04. The van der Waals surface area contributed by atoms with E-state index >= 15 is 0 Å². The number of aryl methyl sites for hydroxylation is 1. The molecule has 0 bridgehead atoms. The highest BCUT2D eigenvalue weighted by Crippen LogP contribution is 2.09. The lowest BCUT2D eigenvalue weighted by Crippen LogP contribution is -2.28. The van der Waals surface area contributed by atoms with Gasteiger partial charge >= 0.3 is 0 Å². The molecule has 15 heavy (non-hydrogen) atoms. The smallest absolute Gasteiger partial charge is 0.151 e. The highest BCUT2D eigenvalue weighted by atomic mass is 16.3. The standard InChI is InChI=1S/C11H19N3O/c1-3-4-7-14(8-9-15)11-6-5-10(2)12-13-11/h5-6,15H,3-4,7-9H2,1-2H3. The molecule has 0 saturated carbocycles. The van der Waals surface area contributed by atoms with Gasteiger partial charge < -0.3 is 10.0 Å². The largest absolute Gasteiger partial charge is 0.395 e. The van der Waals surface area contributed by atoms with Gasteiger partial charge in [0.1, 0.15) is 0 Å². The summed E-state index contributed by atoms with van der Waals surface area (Å²) in [6.45, 7) is 5.77. The normalized spacial score (nSPS) is 10.3. The van der Waals surface area contributed by atoms with E-state index in [9.17, 15) is 0 Å². The van der Waals surface area contributed by atoms with Crippen LogP contribution >= 0.6 is 0 Å². The molecular formula is C11H19N3O. The average Bonchev–Trinajstić information content (AvgIpc) is 2.25. The van der Waals surface area contributed by atoms with Crippen molar-refractivity contribution in [2.45, 2.75) is 26.7 Å². The first-order valence-corrected chi connectivity index (χ1v) is 5.44. The summed E-state index contributed by atoms with van der Waals surface area (Å²) in [5.74, 6) is 0.850. The third-order valence-electron chi connectivity index (χ3n) is 2.26. The molecule has 0 aromatic carbocycles. The second-order valence-corrected chi connectivity index (χ2v) is 3.60. The Labute approximate surface area is 90.9 Å². The van der Waals surface area contributed by atoms with Crippen LogP contribution in [0.5, 0.6) is 0 Å². The van der Waals surface area contributed by atoms with Crippen molar-refractivity contribution in [3.63, 3.8) is 0 Å². The van der Waals surface area contributed by atoms with E-state index in [2.05, 4.69) is 22.0 Å². The van der Waals surface area contributed by atoms with Crippen LogP contribution in [0.15, 0.2) is 12.1 Å². The minimum atomic E-state index is 0.152. The van der Waals surface area contributed by atoms with Gasteiger partial charge in [0.25, 0.3) is 0 Å². The molecule has 0 saturated heterocycles. The average molecular weight is 209 g/mol. The molecule has 0 aliphatic rings. The summed E-state index contributed by atoms with van der Waals surface area (Å²) in [7, 11) is 0. The number of aliphatic hydroxyl groups excluding tert-OH is 1. The quantitative estimate of drug-likeness (QED) is 0.769. The summed E-state index contributed by atoms with van der Waals surface area (Å²) in [6.07, 6.45) is 2.25. The molecule has 4 heteroatoms. The number of hydrogen-bond donors (Lipinski definition) is 1. The van der Waals surface area contributed by atoms with Crippen molar-refractivity contribution in [2.24, 2.45) is 0 Å². The molecule has 1 aromatic heterocycles. The van der Waals surface area contributed by atoms with Crippen molar-refractivity contribution in [3.8, 4) is 0 Å². The fourth-order valence-corrected chi connectivity index (χ4v) is 1.37. The van der Waals surface area contributed by atoms with Crippen molar-refractivity contribution in [1.82, 2.24) is 10.2 Å². The number of aliphatic hydroxyl groups is 1. The molecule has 1 heterocycles. The van der Waals surface area contributed by atoms with E-state index in [0.29, 0.717) is 6.54 Å². The Morgan fingerprint density at radius 2 is 2.07 bits per heavy atom. The Balaban J connectivity index is 2.65. The van der Waals surface area contributed by atoms with Crippen LogP contribution in [-0.4, -0.2) is 35.0 Å². The fourth-order valence-electron chi connectivity index (χ4n) is 1.37. The van der Waals surface area contributed by atoms with Crippen LogP contribution in [0, 0.1) is 6.92 Å². The van der Waals surface area contributed by atoms with Crippen LogP contribution in [0.3, 0.4) is 0 Å². The molecule has 1 rings (SSSR count). The molecule has 1 N–H and O–H groups in total. The summed E-state index contributed by atoms with van der Waals surface area (Å²) in [5.41, 5.74) is 0.915. The van der Waals surface area contributed by atoms with Gasteiger partial charge in [-0.1, -0.05) is 13.3 Å². The summed E-state index contributed by atoms with van der Waals surface area (Å²) in [5, 5.41) is 17.1. The lowest BCUT2D eigenvalue weighted by Gasteiger charge is -2.21. The topological polar surface area (TPSA) is 49.2 Å². The van der Waals surface area contributed by atoms with Gasteiger partial charge in [-0.25, -0.2) is 0 Å². The third-order valence-corrected chi connectivity index (χ3v) is 2.26. The van der Waals surface area contributed by atoms with E-state index in [1.54, 1.807) is 0 Å². The maximum Gasteiger partial charge on any atom is 0.151 e. The van der Waals surface area contributed by atoms with Gasteiger partial charge in [0.05, 0.1) is 12.3 Å².